The highest BCUT2D eigenvalue weighted by Crippen LogP contribution is 2.25. The number of nitrogens with one attached hydrogen (secondary N) is 1. The lowest BCUT2D eigenvalue weighted by Crippen LogP contribution is -2.31. The molecule has 4 nitrogen and oxygen atoms in total. The molecule has 0 atom stereocenters. The summed E-state index contributed by atoms with van der Waals surface area (Å²) in [6, 6.07) is 0.690. The van der Waals surface area contributed by atoms with E-state index < -0.39 is 0 Å². The molecule has 17 heavy (non-hydrogen) atoms. The van der Waals surface area contributed by atoms with E-state index in [1.54, 1.807) is 28.8 Å². The molecule has 5 heteroatoms. The molecule has 0 aromatic carbocycles. The van der Waals surface area contributed by atoms with Crippen molar-refractivity contribution >= 4 is 26.4 Å². The molecule has 1 aliphatic carbocycles. The van der Waals surface area contributed by atoms with Gasteiger partial charge in [0.2, 0.25) is 3.79 Å². The molecule has 1 heterocycles. The van der Waals surface area contributed by atoms with Gasteiger partial charge in [0.15, 0.2) is 0 Å². The molecular weight excluding hydrogens is 329 g/mol. The molecule has 0 spiro atoms. The maximum atomic E-state index is 11.2. The fraction of sp³-hybridized carbons (Fsp3) is 0.667. The number of carbonyl (C=O) groups is 1. The zero-order chi connectivity index (χ0) is 12.3. The predicted molar refractivity (Wildman–Crippen MR) is 75.4 cm³/mol. The van der Waals surface area contributed by atoms with Crippen LogP contribution in [0.25, 0.3) is 0 Å². The van der Waals surface area contributed by atoms with Crippen molar-refractivity contribution in [2.45, 2.75) is 38.3 Å². The van der Waals surface area contributed by atoms with Crippen molar-refractivity contribution in [3.63, 3.8) is 0 Å². The summed E-state index contributed by atoms with van der Waals surface area (Å²) in [7, 11) is 2.04. The van der Waals surface area contributed by atoms with Gasteiger partial charge < -0.3 is 5.32 Å². The fourth-order valence-electron chi connectivity index (χ4n) is 2.46. The van der Waals surface area contributed by atoms with Gasteiger partial charge in [-0.1, -0.05) is 0 Å². The van der Waals surface area contributed by atoms with Crippen molar-refractivity contribution in [1.29, 1.82) is 0 Å². The number of aromatic nitrogens is 2. The number of hydrogen-bond donors (Lipinski definition) is 1. The first kappa shape index (κ1) is 13.0. The van der Waals surface area contributed by atoms with Crippen molar-refractivity contribution in [3.05, 3.63) is 18.0 Å². The second kappa shape index (κ2) is 5.95. The topological polar surface area (TPSA) is 46.9 Å². The monoisotopic (exact) mass is 347 g/mol. The largest absolute Gasteiger partial charge is 0.317 e. The van der Waals surface area contributed by atoms with Crippen LogP contribution < -0.4 is 5.32 Å². The number of hydrogen-bond acceptors (Lipinski definition) is 3. The van der Waals surface area contributed by atoms with Gasteiger partial charge in [-0.05, 0) is 38.6 Å². The summed E-state index contributed by atoms with van der Waals surface area (Å²) in [6.07, 6.45) is 8.52. The van der Waals surface area contributed by atoms with Gasteiger partial charge in [0, 0.05) is 41.4 Å². The molecule has 0 radical (unpaired) electrons. The van der Waals surface area contributed by atoms with Gasteiger partial charge in [0.1, 0.15) is 0 Å². The van der Waals surface area contributed by atoms with Crippen molar-refractivity contribution in [2.24, 2.45) is 5.92 Å². The maximum Gasteiger partial charge on any atom is 0.225 e. The van der Waals surface area contributed by atoms with Crippen LogP contribution in [0, 0.1) is 5.92 Å². The van der Waals surface area contributed by atoms with Gasteiger partial charge >= 0.3 is 0 Å². The van der Waals surface area contributed by atoms with Crippen LogP contribution in [0.4, 0.5) is 0 Å². The Labute approximate surface area is 115 Å². The third-order valence-electron chi connectivity index (χ3n) is 3.56. The van der Waals surface area contributed by atoms with E-state index in [-0.39, 0.29) is 3.79 Å². The Kier molecular flexibility index (Phi) is 4.55. The third kappa shape index (κ3) is 3.51. The maximum absolute atomic E-state index is 11.2. The standard InChI is InChI=1S/C12H18IN3O/c1-14-11-4-2-9(3-5-11)7-16-8-10(6-15-16)12(13)17/h6,8-9,11,14H,2-5,7H2,1H3. The number of nitrogens with zero attached hydrogens (tertiary/aromatic N) is 2. The van der Waals surface area contributed by atoms with Gasteiger partial charge in [-0.15, -0.1) is 0 Å². The van der Waals surface area contributed by atoms with E-state index in [1.807, 2.05) is 17.9 Å². The molecule has 94 valence electrons. The molecule has 2 rings (SSSR count). The van der Waals surface area contributed by atoms with Crippen molar-refractivity contribution in [2.75, 3.05) is 7.05 Å². The molecule has 0 bridgehead atoms. The van der Waals surface area contributed by atoms with Crippen LogP contribution in [0.5, 0.6) is 0 Å². The molecule has 1 aliphatic rings. The van der Waals surface area contributed by atoms with E-state index in [4.69, 9.17) is 0 Å². The second-order valence-electron chi connectivity index (χ2n) is 4.73. The molecule has 1 N–H and O–H groups in total. The summed E-state index contributed by atoms with van der Waals surface area (Å²) in [5.74, 6) is 0.705. The molecule has 0 amide bonds. The summed E-state index contributed by atoms with van der Waals surface area (Å²) in [5, 5.41) is 7.59. The fourth-order valence-corrected chi connectivity index (χ4v) is 2.74. The Morgan fingerprint density at radius 2 is 2.24 bits per heavy atom. The normalized spacial score (nSPS) is 24.8. The van der Waals surface area contributed by atoms with Crippen LogP contribution in [0.3, 0.4) is 0 Å². The summed E-state index contributed by atoms with van der Waals surface area (Å²) >= 11 is 1.80. The lowest BCUT2D eigenvalue weighted by molar-refractivity contribution is 0.110. The SMILES string of the molecule is CNC1CCC(Cn2cc(C(=O)I)cn2)CC1. The van der Waals surface area contributed by atoms with E-state index in [2.05, 4.69) is 10.4 Å². The van der Waals surface area contributed by atoms with E-state index in [0.29, 0.717) is 17.5 Å². The van der Waals surface area contributed by atoms with E-state index in [1.165, 1.54) is 25.7 Å². The van der Waals surface area contributed by atoms with Gasteiger partial charge in [-0.3, -0.25) is 9.48 Å². The van der Waals surface area contributed by atoms with E-state index >= 15 is 0 Å². The minimum atomic E-state index is 0.0627. The zero-order valence-electron chi connectivity index (χ0n) is 10.0. The Bertz CT molecular complexity index is 383. The first-order valence-corrected chi connectivity index (χ1v) is 7.16. The Hall–Kier alpha value is -0.430. The molecule has 0 unspecified atom stereocenters. The average Bonchev–Trinajstić information content (AvgIpc) is 2.79. The Morgan fingerprint density at radius 1 is 1.53 bits per heavy atom. The molecule has 0 aliphatic heterocycles. The minimum absolute atomic E-state index is 0.0627. The number of halogens is 1. The van der Waals surface area contributed by atoms with Gasteiger partial charge in [0.25, 0.3) is 0 Å². The quantitative estimate of drug-likeness (QED) is 0.671. The van der Waals surface area contributed by atoms with Crippen LogP contribution in [-0.2, 0) is 6.54 Å². The van der Waals surface area contributed by atoms with Crippen molar-refractivity contribution < 1.29 is 4.79 Å². The van der Waals surface area contributed by atoms with Crippen molar-refractivity contribution in [3.8, 4) is 0 Å². The molecule has 0 saturated heterocycles. The first-order valence-electron chi connectivity index (χ1n) is 6.08. The van der Waals surface area contributed by atoms with Crippen molar-refractivity contribution in [1.82, 2.24) is 15.1 Å². The predicted octanol–water partition coefficient (Wildman–Crippen LogP) is 2.24. The van der Waals surface area contributed by atoms with Crippen LogP contribution in [0.2, 0.25) is 0 Å². The lowest BCUT2D eigenvalue weighted by Gasteiger charge is -2.28. The average molecular weight is 347 g/mol. The second-order valence-corrected chi connectivity index (χ2v) is 5.71. The highest BCUT2D eigenvalue weighted by Gasteiger charge is 2.20. The van der Waals surface area contributed by atoms with E-state index in [9.17, 15) is 4.79 Å². The van der Waals surface area contributed by atoms with Crippen LogP contribution in [0.1, 0.15) is 36.0 Å². The van der Waals surface area contributed by atoms with Crippen LogP contribution in [0.15, 0.2) is 12.4 Å². The van der Waals surface area contributed by atoms with Gasteiger partial charge in [-0.2, -0.15) is 5.10 Å². The molecule has 1 aromatic rings. The Balaban J connectivity index is 1.86. The van der Waals surface area contributed by atoms with Crippen LogP contribution >= 0.6 is 22.6 Å². The summed E-state index contributed by atoms with van der Waals surface area (Å²) in [6.45, 7) is 0.945. The molecule has 1 aromatic heterocycles. The van der Waals surface area contributed by atoms with Gasteiger partial charge in [0.05, 0.1) is 11.8 Å². The molecule has 1 fully saturated rings. The highest BCUT2D eigenvalue weighted by atomic mass is 127. The summed E-state index contributed by atoms with van der Waals surface area (Å²) in [4.78, 5) is 11.2. The lowest BCUT2D eigenvalue weighted by atomic mass is 9.86. The first-order chi connectivity index (χ1) is 8.19. The molecule has 1 saturated carbocycles. The Morgan fingerprint density at radius 3 is 2.76 bits per heavy atom. The smallest absolute Gasteiger partial charge is 0.225 e. The third-order valence-corrected chi connectivity index (χ3v) is 4.18. The van der Waals surface area contributed by atoms with E-state index in [0.717, 1.165) is 6.54 Å². The summed E-state index contributed by atoms with van der Waals surface area (Å²) in [5.41, 5.74) is 0.703. The summed E-state index contributed by atoms with van der Waals surface area (Å²) < 4.78 is 1.98. The van der Waals surface area contributed by atoms with Crippen LogP contribution in [-0.4, -0.2) is 26.7 Å². The number of rotatable bonds is 4. The highest BCUT2D eigenvalue weighted by molar-refractivity contribution is 14.1. The minimum Gasteiger partial charge on any atom is -0.317 e. The zero-order valence-corrected chi connectivity index (χ0v) is 12.2. The van der Waals surface area contributed by atoms with Gasteiger partial charge in [-0.25, -0.2) is 0 Å². The molecular formula is C12H18IN3O. The number of carbonyl (C=O) groups excluding carboxylic acids is 1.